The lowest BCUT2D eigenvalue weighted by atomic mass is 9.95. The Bertz CT molecular complexity index is 278. The summed E-state index contributed by atoms with van der Waals surface area (Å²) in [5.41, 5.74) is 5.56. The second-order valence-electron chi connectivity index (χ2n) is 6.24. The van der Waals surface area contributed by atoms with Crippen molar-refractivity contribution in [3.63, 3.8) is 0 Å². The van der Waals surface area contributed by atoms with Crippen LogP contribution >= 0.6 is 0 Å². The first-order valence-corrected chi connectivity index (χ1v) is 7.00. The second-order valence-corrected chi connectivity index (χ2v) is 6.24. The van der Waals surface area contributed by atoms with E-state index in [1.165, 1.54) is 12.8 Å². The van der Waals surface area contributed by atoms with E-state index in [0.29, 0.717) is 13.1 Å². The zero-order chi connectivity index (χ0) is 13.8. The van der Waals surface area contributed by atoms with Gasteiger partial charge in [-0.25, -0.2) is 0 Å². The molecule has 0 atom stereocenters. The molecule has 0 heterocycles. The van der Waals surface area contributed by atoms with E-state index >= 15 is 0 Å². The van der Waals surface area contributed by atoms with Crippen LogP contribution in [0.25, 0.3) is 0 Å². The zero-order valence-electron chi connectivity index (χ0n) is 12.3. The molecule has 0 unspecified atom stereocenters. The molecule has 0 aromatic carbocycles. The standard InChI is InChI=1S/C14H28N2O2/c1-5-16(10-12(17)18-13(2,3)4)14(11-15)8-6-7-9-14/h5-11,15H2,1-4H3. The highest BCUT2D eigenvalue weighted by atomic mass is 16.6. The predicted octanol–water partition coefficient (Wildman–Crippen LogP) is 1.92. The van der Waals surface area contributed by atoms with Crippen LogP contribution in [0.4, 0.5) is 0 Å². The van der Waals surface area contributed by atoms with E-state index in [2.05, 4.69) is 11.8 Å². The Balaban J connectivity index is 2.63. The Morgan fingerprint density at radius 3 is 2.28 bits per heavy atom. The van der Waals surface area contributed by atoms with Gasteiger partial charge < -0.3 is 10.5 Å². The van der Waals surface area contributed by atoms with Gasteiger partial charge in [-0.15, -0.1) is 0 Å². The average molecular weight is 256 g/mol. The van der Waals surface area contributed by atoms with Crippen LogP contribution in [0.2, 0.25) is 0 Å². The van der Waals surface area contributed by atoms with E-state index in [1.807, 2.05) is 20.8 Å². The van der Waals surface area contributed by atoms with Gasteiger partial charge in [-0.05, 0) is 40.2 Å². The van der Waals surface area contributed by atoms with E-state index in [0.717, 1.165) is 19.4 Å². The van der Waals surface area contributed by atoms with Gasteiger partial charge in [0.1, 0.15) is 5.60 Å². The first-order chi connectivity index (χ1) is 8.33. The number of carbonyl (C=O) groups excluding carboxylic acids is 1. The molecule has 1 saturated carbocycles. The summed E-state index contributed by atoms with van der Waals surface area (Å²) in [6, 6.07) is 0. The third kappa shape index (κ3) is 3.95. The van der Waals surface area contributed by atoms with E-state index < -0.39 is 5.60 Å². The summed E-state index contributed by atoms with van der Waals surface area (Å²) in [5.74, 6) is -0.149. The lowest BCUT2D eigenvalue weighted by molar-refractivity contribution is -0.157. The van der Waals surface area contributed by atoms with Crippen LogP contribution in [0, 0.1) is 0 Å². The molecular weight excluding hydrogens is 228 g/mol. The minimum absolute atomic E-state index is 0.0195. The third-order valence-electron chi connectivity index (χ3n) is 3.71. The van der Waals surface area contributed by atoms with E-state index in [-0.39, 0.29) is 11.5 Å². The quantitative estimate of drug-likeness (QED) is 0.764. The molecule has 1 aliphatic carbocycles. The van der Waals surface area contributed by atoms with Crippen molar-refractivity contribution in [2.75, 3.05) is 19.6 Å². The lowest BCUT2D eigenvalue weighted by Crippen LogP contribution is -2.54. The summed E-state index contributed by atoms with van der Waals surface area (Å²) in [5, 5.41) is 0. The van der Waals surface area contributed by atoms with Crippen molar-refractivity contribution >= 4 is 5.97 Å². The average Bonchev–Trinajstić information content (AvgIpc) is 2.73. The van der Waals surface area contributed by atoms with E-state index in [4.69, 9.17) is 10.5 Å². The molecule has 1 aliphatic rings. The molecule has 0 bridgehead atoms. The number of rotatable bonds is 5. The fourth-order valence-corrected chi connectivity index (χ4v) is 2.83. The number of ether oxygens (including phenoxy) is 1. The van der Waals surface area contributed by atoms with Gasteiger partial charge in [0.15, 0.2) is 0 Å². The first-order valence-electron chi connectivity index (χ1n) is 7.00. The highest BCUT2D eigenvalue weighted by Gasteiger charge is 2.38. The first kappa shape index (κ1) is 15.4. The molecule has 0 aromatic rings. The zero-order valence-corrected chi connectivity index (χ0v) is 12.3. The summed E-state index contributed by atoms with van der Waals surface area (Å²) in [4.78, 5) is 14.1. The van der Waals surface area contributed by atoms with Crippen molar-refractivity contribution in [3.05, 3.63) is 0 Å². The third-order valence-corrected chi connectivity index (χ3v) is 3.71. The Labute approximate surface area is 111 Å². The van der Waals surface area contributed by atoms with E-state index in [1.54, 1.807) is 0 Å². The molecule has 0 saturated heterocycles. The van der Waals surface area contributed by atoms with Crippen molar-refractivity contribution in [1.82, 2.24) is 4.90 Å². The van der Waals surface area contributed by atoms with Crippen LogP contribution in [0.1, 0.15) is 53.4 Å². The molecule has 106 valence electrons. The fourth-order valence-electron chi connectivity index (χ4n) is 2.83. The molecule has 4 heteroatoms. The highest BCUT2D eigenvalue weighted by Crippen LogP contribution is 2.34. The molecule has 0 spiro atoms. The number of hydrogen-bond donors (Lipinski definition) is 1. The van der Waals surface area contributed by atoms with Gasteiger partial charge in [-0.2, -0.15) is 0 Å². The molecule has 1 fully saturated rings. The summed E-state index contributed by atoms with van der Waals surface area (Å²) < 4.78 is 5.40. The van der Waals surface area contributed by atoms with Gasteiger partial charge >= 0.3 is 5.97 Å². The molecule has 0 radical (unpaired) electrons. The molecule has 4 nitrogen and oxygen atoms in total. The molecule has 0 aromatic heterocycles. The number of carbonyl (C=O) groups is 1. The van der Waals surface area contributed by atoms with Crippen molar-refractivity contribution in [2.45, 2.75) is 64.5 Å². The van der Waals surface area contributed by atoms with E-state index in [9.17, 15) is 4.79 Å². The van der Waals surface area contributed by atoms with Gasteiger partial charge in [0.05, 0.1) is 6.54 Å². The number of likely N-dealkylation sites (N-methyl/N-ethyl adjacent to an activating group) is 1. The Morgan fingerprint density at radius 2 is 1.89 bits per heavy atom. The van der Waals surface area contributed by atoms with Crippen LogP contribution in [-0.2, 0) is 9.53 Å². The van der Waals surface area contributed by atoms with Crippen LogP contribution in [-0.4, -0.2) is 41.6 Å². The van der Waals surface area contributed by atoms with Gasteiger partial charge in [0, 0.05) is 12.1 Å². The highest BCUT2D eigenvalue weighted by molar-refractivity contribution is 5.72. The Morgan fingerprint density at radius 1 is 1.33 bits per heavy atom. The fraction of sp³-hybridized carbons (Fsp3) is 0.929. The maximum Gasteiger partial charge on any atom is 0.320 e. The van der Waals surface area contributed by atoms with Crippen molar-refractivity contribution in [3.8, 4) is 0 Å². The summed E-state index contributed by atoms with van der Waals surface area (Å²) in [7, 11) is 0. The Hall–Kier alpha value is -0.610. The maximum atomic E-state index is 11.9. The molecule has 18 heavy (non-hydrogen) atoms. The van der Waals surface area contributed by atoms with Gasteiger partial charge in [-0.1, -0.05) is 19.8 Å². The maximum absolute atomic E-state index is 11.9. The molecular formula is C14H28N2O2. The van der Waals surface area contributed by atoms with Crippen LogP contribution in [0.5, 0.6) is 0 Å². The predicted molar refractivity (Wildman–Crippen MR) is 73.3 cm³/mol. The minimum Gasteiger partial charge on any atom is -0.459 e. The molecule has 0 amide bonds. The number of esters is 1. The summed E-state index contributed by atoms with van der Waals surface area (Å²) >= 11 is 0. The van der Waals surface area contributed by atoms with Crippen molar-refractivity contribution in [1.29, 1.82) is 0 Å². The second kappa shape index (κ2) is 6.02. The topological polar surface area (TPSA) is 55.6 Å². The minimum atomic E-state index is -0.415. The molecule has 0 aliphatic heterocycles. The lowest BCUT2D eigenvalue weighted by Gasteiger charge is -2.39. The number of nitrogens with two attached hydrogens (primary N) is 1. The largest absolute Gasteiger partial charge is 0.459 e. The Kier molecular flexibility index (Phi) is 5.17. The van der Waals surface area contributed by atoms with Gasteiger partial charge in [-0.3, -0.25) is 9.69 Å². The SMILES string of the molecule is CCN(CC(=O)OC(C)(C)C)C1(CN)CCCC1. The van der Waals surface area contributed by atoms with Gasteiger partial charge in [0.2, 0.25) is 0 Å². The summed E-state index contributed by atoms with van der Waals surface area (Å²) in [6.07, 6.45) is 4.62. The summed E-state index contributed by atoms with van der Waals surface area (Å²) in [6.45, 7) is 9.60. The number of nitrogens with zero attached hydrogens (tertiary/aromatic N) is 1. The molecule has 2 N–H and O–H groups in total. The van der Waals surface area contributed by atoms with Crippen LogP contribution in [0.15, 0.2) is 0 Å². The van der Waals surface area contributed by atoms with Crippen molar-refractivity contribution < 1.29 is 9.53 Å². The molecule has 1 rings (SSSR count). The van der Waals surface area contributed by atoms with Crippen LogP contribution < -0.4 is 5.73 Å². The van der Waals surface area contributed by atoms with Gasteiger partial charge in [0.25, 0.3) is 0 Å². The van der Waals surface area contributed by atoms with Crippen LogP contribution in [0.3, 0.4) is 0 Å². The smallest absolute Gasteiger partial charge is 0.320 e. The monoisotopic (exact) mass is 256 g/mol. The number of hydrogen-bond acceptors (Lipinski definition) is 4. The van der Waals surface area contributed by atoms with Crippen molar-refractivity contribution in [2.24, 2.45) is 5.73 Å². The normalized spacial score (nSPS) is 19.2.